The highest BCUT2D eigenvalue weighted by Gasteiger charge is 2.13. The van der Waals surface area contributed by atoms with Crippen molar-refractivity contribution in [3.8, 4) is 0 Å². The molecule has 2 aromatic rings. The van der Waals surface area contributed by atoms with Crippen LogP contribution in [0.5, 0.6) is 0 Å². The van der Waals surface area contributed by atoms with Crippen molar-refractivity contribution in [2.75, 3.05) is 7.11 Å². The Bertz CT molecular complexity index is 679. The van der Waals surface area contributed by atoms with Gasteiger partial charge in [0.1, 0.15) is 0 Å². The number of pyridine rings is 1. The van der Waals surface area contributed by atoms with Crippen molar-refractivity contribution in [2.24, 2.45) is 0 Å². The summed E-state index contributed by atoms with van der Waals surface area (Å²) in [4.78, 5) is 25.6. The fraction of sp³-hybridized carbons (Fsp3) is 0.0769. The highest BCUT2D eigenvalue weighted by molar-refractivity contribution is 5.96. The number of methoxy groups -OCH3 is 1. The second-order valence-electron chi connectivity index (χ2n) is 3.69. The van der Waals surface area contributed by atoms with E-state index in [1.54, 1.807) is 24.4 Å². The quantitative estimate of drug-likeness (QED) is 0.365. The number of nitrogens with zero attached hydrogens (tertiary/aromatic N) is 2. The van der Waals surface area contributed by atoms with Gasteiger partial charge in [0.15, 0.2) is 0 Å². The minimum Gasteiger partial charge on any atom is -0.466 e. The summed E-state index contributed by atoms with van der Waals surface area (Å²) in [6.07, 6.45) is 4.31. The number of ether oxygens (including phenoxy) is 1. The zero-order chi connectivity index (χ0) is 13.8. The van der Waals surface area contributed by atoms with Crippen molar-refractivity contribution < 1.29 is 14.5 Å². The number of hydrogen-bond acceptors (Lipinski definition) is 5. The summed E-state index contributed by atoms with van der Waals surface area (Å²) in [5.41, 5.74) is 1.07. The van der Waals surface area contributed by atoms with E-state index in [9.17, 15) is 14.9 Å². The molecule has 1 aromatic carbocycles. The fourth-order valence-electron chi connectivity index (χ4n) is 1.70. The first-order chi connectivity index (χ1) is 9.13. The molecule has 1 aromatic heterocycles. The fourth-order valence-corrected chi connectivity index (χ4v) is 1.70. The normalized spacial score (nSPS) is 10.8. The van der Waals surface area contributed by atoms with Gasteiger partial charge in [-0.2, -0.15) is 0 Å². The van der Waals surface area contributed by atoms with Crippen LogP contribution >= 0.6 is 0 Å². The van der Waals surface area contributed by atoms with E-state index in [-0.39, 0.29) is 5.69 Å². The summed E-state index contributed by atoms with van der Waals surface area (Å²) in [6.45, 7) is 0. The minimum absolute atomic E-state index is 0.0154. The number of carbonyl (C=O) groups excluding carboxylic acids is 1. The van der Waals surface area contributed by atoms with E-state index in [1.807, 2.05) is 0 Å². The molecule has 6 heteroatoms. The van der Waals surface area contributed by atoms with E-state index in [0.717, 1.165) is 0 Å². The van der Waals surface area contributed by atoms with Crippen LogP contribution in [0.25, 0.3) is 17.0 Å². The summed E-state index contributed by atoms with van der Waals surface area (Å²) in [5, 5.41) is 11.4. The van der Waals surface area contributed by atoms with Gasteiger partial charge < -0.3 is 4.74 Å². The molecule has 0 aliphatic heterocycles. The summed E-state index contributed by atoms with van der Waals surface area (Å²) < 4.78 is 4.49. The van der Waals surface area contributed by atoms with Gasteiger partial charge in [0.05, 0.1) is 22.9 Å². The summed E-state index contributed by atoms with van der Waals surface area (Å²) in [7, 11) is 1.28. The molecule has 96 valence electrons. The molecular weight excluding hydrogens is 248 g/mol. The van der Waals surface area contributed by atoms with Crippen LogP contribution in [0.4, 0.5) is 5.69 Å². The molecule has 0 spiro atoms. The smallest absolute Gasteiger partial charge is 0.330 e. The summed E-state index contributed by atoms with van der Waals surface area (Å²) >= 11 is 0. The molecule has 0 saturated carbocycles. The average Bonchev–Trinajstić information content (AvgIpc) is 2.43. The summed E-state index contributed by atoms with van der Waals surface area (Å²) in [6, 6.07) is 6.19. The minimum atomic E-state index is -0.498. The molecule has 0 saturated heterocycles. The molecule has 0 amide bonds. The van der Waals surface area contributed by atoms with Gasteiger partial charge in [-0.3, -0.25) is 15.1 Å². The summed E-state index contributed by atoms with van der Waals surface area (Å²) in [5.74, 6) is -0.498. The molecule has 6 nitrogen and oxygen atoms in total. The van der Waals surface area contributed by atoms with Gasteiger partial charge in [-0.15, -0.1) is 0 Å². The molecule has 0 aliphatic carbocycles. The number of benzene rings is 1. The number of hydrogen-bond donors (Lipinski definition) is 0. The number of non-ortho nitro benzene ring substituents is 1. The van der Waals surface area contributed by atoms with E-state index in [2.05, 4.69) is 9.72 Å². The van der Waals surface area contributed by atoms with E-state index in [0.29, 0.717) is 16.5 Å². The van der Waals surface area contributed by atoms with Gasteiger partial charge in [0.2, 0.25) is 0 Å². The van der Waals surface area contributed by atoms with E-state index in [4.69, 9.17) is 0 Å². The predicted octanol–water partition coefficient (Wildman–Crippen LogP) is 2.33. The zero-order valence-electron chi connectivity index (χ0n) is 10.1. The lowest BCUT2D eigenvalue weighted by atomic mass is 10.1. The van der Waals surface area contributed by atoms with Crippen LogP contribution < -0.4 is 0 Å². The molecule has 0 atom stereocenters. The van der Waals surface area contributed by atoms with Gasteiger partial charge in [0.25, 0.3) is 5.69 Å². The van der Waals surface area contributed by atoms with Crippen molar-refractivity contribution in [3.05, 3.63) is 52.2 Å². The monoisotopic (exact) mass is 258 g/mol. The highest BCUT2D eigenvalue weighted by atomic mass is 16.6. The van der Waals surface area contributed by atoms with Gasteiger partial charge in [-0.25, -0.2) is 4.79 Å². The Hall–Kier alpha value is -2.76. The third-order valence-electron chi connectivity index (χ3n) is 2.57. The first kappa shape index (κ1) is 12.7. The maximum Gasteiger partial charge on any atom is 0.330 e. The number of aromatic nitrogens is 1. The van der Waals surface area contributed by atoms with Gasteiger partial charge in [0, 0.05) is 23.9 Å². The highest BCUT2D eigenvalue weighted by Crippen LogP contribution is 2.27. The second kappa shape index (κ2) is 5.26. The second-order valence-corrected chi connectivity index (χ2v) is 3.69. The number of carbonyl (C=O) groups is 1. The first-order valence-electron chi connectivity index (χ1n) is 5.41. The molecule has 0 fully saturated rings. The van der Waals surface area contributed by atoms with E-state index in [1.165, 1.54) is 25.3 Å². The number of esters is 1. The number of nitro benzene ring substituents is 1. The Balaban J connectivity index is 2.59. The van der Waals surface area contributed by atoms with Crippen LogP contribution in [0, 0.1) is 10.1 Å². The predicted molar refractivity (Wildman–Crippen MR) is 69.4 cm³/mol. The van der Waals surface area contributed by atoms with Crippen molar-refractivity contribution in [3.63, 3.8) is 0 Å². The Labute approximate surface area is 108 Å². The topological polar surface area (TPSA) is 82.3 Å². The average molecular weight is 258 g/mol. The van der Waals surface area contributed by atoms with Crippen LogP contribution in [-0.4, -0.2) is 23.0 Å². The van der Waals surface area contributed by atoms with Gasteiger partial charge >= 0.3 is 5.97 Å². The van der Waals surface area contributed by atoms with Crippen molar-refractivity contribution >= 4 is 28.6 Å². The first-order valence-corrected chi connectivity index (χ1v) is 5.41. The van der Waals surface area contributed by atoms with Crippen LogP contribution in [0.15, 0.2) is 36.5 Å². The Morgan fingerprint density at radius 3 is 2.89 bits per heavy atom. The van der Waals surface area contributed by atoms with E-state index < -0.39 is 10.9 Å². The van der Waals surface area contributed by atoms with E-state index >= 15 is 0 Å². The standard InChI is InChI=1S/C13H10N2O4/c1-19-12(16)7-5-9-4-6-11(15(17)18)10-3-2-8-14-13(9)10/h2-8H,1H3. The van der Waals surface area contributed by atoms with Crippen LogP contribution in [0.1, 0.15) is 5.56 Å². The van der Waals surface area contributed by atoms with Crippen LogP contribution in [-0.2, 0) is 9.53 Å². The van der Waals surface area contributed by atoms with Crippen LogP contribution in [0.2, 0.25) is 0 Å². The largest absolute Gasteiger partial charge is 0.466 e. The Morgan fingerprint density at radius 2 is 2.21 bits per heavy atom. The number of fused-ring (bicyclic) bond motifs is 1. The molecule has 0 unspecified atom stereocenters. The Kier molecular flexibility index (Phi) is 3.51. The number of nitro groups is 1. The maximum atomic E-state index is 11.1. The van der Waals surface area contributed by atoms with Crippen molar-refractivity contribution in [1.29, 1.82) is 0 Å². The molecule has 2 rings (SSSR count). The molecule has 1 heterocycles. The molecule has 0 aliphatic rings. The molecule has 19 heavy (non-hydrogen) atoms. The van der Waals surface area contributed by atoms with Gasteiger partial charge in [-0.1, -0.05) is 0 Å². The van der Waals surface area contributed by atoms with Crippen molar-refractivity contribution in [1.82, 2.24) is 4.98 Å². The molecule has 0 N–H and O–H groups in total. The van der Waals surface area contributed by atoms with Crippen molar-refractivity contribution in [2.45, 2.75) is 0 Å². The Morgan fingerprint density at radius 1 is 1.42 bits per heavy atom. The third kappa shape index (κ3) is 2.57. The molecule has 0 bridgehead atoms. The molecule has 0 radical (unpaired) electrons. The lowest BCUT2D eigenvalue weighted by Gasteiger charge is -2.02. The van der Waals surface area contributed by atoms with Gasteiger partial charge in [-0.05, 0) is 24.3 Å². The maximum absolute atomic E-state index is 11.1. The SMILES string of the molecule is COC(=O)C=Cc1ccc([N+](=O)[O-])c2cccnc12. The lowest BCUT2D eigenvalue weighted by Crippen LogP contribution is -1.95. The van der Waals surface area contributed by atoms with Crippen LogP contribution in [0.3, 0.4) is 0 Å². The lowest BCUT2D eigenvalue weighted by molar-refractivity contribution is -0.383. The number of rotatable bonds is 3. The molecular formula is C13H10N2O4. The zero-order valence-corrected chi connectivity index (χ0v) is 10.1. The third-order valence-corrected chi connectivity index (χ3v) is 2.57.